The molecule has 3 rings (SSSR count). The van der Waals surface area contributed by atoms with E-state index in [0.717, 1.165) is 30.0 Å². The van der Waals surface area contributed by atoms with Gasteiger partial charge in [0.15, 0.2) is 5.78 Å². The number of nitrogens with zero attached hydrogens (tertiary/aromatic N) is 3. The number of carbonyl (C=O) groups is 1. The Kier molecular flexibility index (Phi) is 5.70. The molecule has 148 valence electrons. The number of rotatable bonds is 6. The molecule has 28 heavy (non-hydrogen) atoms. The summed E-state index contributed by atoms with van der Waals surface area (Å²) in [4.78, 5) is 26.5. The lowest BCUT2D eigenvalue weighted by atomic mass is 9.92. The van der Waals surface area contributed by atoms with Gasteiger partial charge in [-0.1, -0.05) is 26.8 Å². The number of ketones is 1. The van der Waals surface area contributed by atoms with E-state index in [0.29, 0.717) is 5.56 Å². The van der Waals surface area contributed by atoms with Crippen molar-refractivity contribution in [2.24, 2.45) is 0 Å². The molecule has 0 unspecified atom stereocenters. The summed E-state index contributed by atoms with van der Waals surface area (Å²) in [6.45, 7) is 10.9. The van der Waals surface area contributed by atoms with Gasteiger partial charge in [-0.2, -0.15) is 5.10 Å². The van der Waals surface area contributed by atoms with E-state index < -0.39 is 0 Å². The number of aromatic nitrogens is 3. The Morgan fingerprint density at radius 1 is 1.18 bits per heavy atom. The maximum Gasteiger partial charge on any atom is 0.267 e. The molecule has 0 saturated heterocycles. The molecule has 3 heterocycles. The van der Waals surface area contributed by atoms with Gasteiger partial charge in [0.2, 0.25) is 0 Å². The first-order valence-electron chi connectivity index (χ1n) is 9.48. The summed E-state index contributed by atoms with van der Waals surface area (Å²) in [7, 11) is 0. The minimum absolute atomic E-state index is 0.0437. The molecule has 3 aromatic heterocycles. The zero-order valence-corrected chi connectivity index (χ0v) is 18.0. The zero-order chi connectivity index (χ0) is 20.5. The molecule has 0 amide bonds. The summed E-state index contributed by atoms with van der Waals surface area (Å²) >= 11 is 1.75. The van der Waals surface area contributed by atoms with E-state index in [9.17, 15) is 9.59 Å². The number of hydrogen-bond acceptors (Lipinski definition) is 4. The Bertz CT molecular complexity index is 1040. The standard InChI is InChI=1S/C22H27N3O2S/c1-15-13-18(16(2)24(15)11-10-17-7-6-12-28-17)19(26)14-25-21(27)9-8-20(23-25)22(3,4)5/h6-9,12-13H,10-11,14H2,1-5H3. The smallest absolute Gasteiger partial charge is 0.267 e. The van der Waals surface area contributed by atoms with Gasteiger partial charge in [0.05, 0.1) is 5.69 Å². The van der Waals surface area contributed by atoms with E-state index in [1.165, 1.54) is 15.6 Å². The molecule has 0 spiro atoms. The number of thiophene rings is 1. The highest BCUT2D eigenvalue weighted by molar-refractivity contribution is 7.09. The number of aryl methyl sites for hydroxylation is 2. The van der Waals surface area contributed by atoms with Gasteiger partial charge in [-0.3, -0.25) is 9.59 Å². The van der Waals surface area contributed by atoms with Crippen molar-refractivity contribution in [1.82, 2.24) is 14.3 Å². The minimum atomic E-state index is -0.257. The molecule has 0 radical (unpaired) electrons. The molecule has 0 aliphatic carbocycles. The highest BCUT2D eigenvalue weighted by Crippen LogP contribution is 2.20. The number of carbonyl (C=O) groups excluding carboxylic acids is 1. The quantitative estimate of drug-likeness (QED) is 0.587. The van der Waals surface area contributed by atoms with E-state index >= 15 is 0 Å². The second kappa shape index (κ2) is 7.87. The topological polar surface area (TPSA) is 56.9 Å². The Labute approximate surface area is 169 Å². The maximum absolute atomic E-state index is 12.9. The first kappa shape index (κ1) is 20.3. The van der Waals surface area contributed by atoms with Gasteiger partial charge in [-0.15, -0.1) is 11.3 Å². The molecular weight excluding hydrogens is 370 g/mol. The Morgan fingerprint density at radius 3 is 2.57 bits per heavy atom. The van der Waals surface area contributed by atoms with Crippen LogP contribution in [0.2, 0.25) is 0 Å². The second-order valence-electron chi connectivity index (χ2n) is 8.15. The van der Waals surface area contributed by atoms with E-state index in [2.05, 4.69) is 27.2 Å². The van der Waals surface area contributed by atoms with Crippen molar-refractivity contribution in [2.75, 3.05) is 0 Å². The highest BCUT2D eigenvalue weighted by Gasteiger charge is 2.20. The third kappa shape index (κ3) is 4.33. The molecule has 0 aliphatic heterocycles. The molecule has 0 bridgehead atoms. The Hall–Kier alpha value is -2.47. The van der Waals surface area contributed by atoms with Crippen LogP contribution in [0.5, 0.6) is 0 Å². The third-order valence-corrected chi connectivity index (χ3v) is 5.90. The van der Waals surface area contributed by atoms with Crippen LogP contribution in [0.25, 0.3) is 0 Å². The molecular formula is C22H27N3O2S. The van der Waals surface area contributed by atoms with Gasteiger partial charge in [-0.25, -0.2) is 4.68 Å². The van der Waals surface area contributed by atoms with Crippen LogP contribution < -0.4 is 5.56 Å². The maximum atomic E-state index is 12.9. The summed E-state index contributed by atoms with van der Waals surface area (Å²) in [5.41, 5.74) is 3.02. The van der Waals surface area contributed by atoms with Crippen molar-refractivity contribution in [2.45, 2.75) is 59.5 Å². The summed E-state index contributed by atoms with van der Waals surface area (Å²) in [6.07, 6.45) is 0.941. The van der Waals surface area contributed by atoms with Crippen LogP contribution in [-0.4, -0.2) is 20.1 Å². The van der Waals surface area contributed by atoms with Crippen LogP contribution >= 0.6 is 11.3 Å². The fourth-order valence-electron chi connectivity index (χ4n) is 3.29. The summed E-state index contributed by atoms with van der Waals surface area (Å²) in [5, 5.41) is 6.50. The highest BCUT2D eigenvalue weighted by atomic mass is 32.1. The molecule has 0 aromatic carbocycles. The lowest BCUT2D eigenvalue weighted by molar-refractivity contribution is 0.0964. The molecule has 0 aliphatic rings. The summed E-state index contributed by atoms with van der Waals surface area (Å²) in [5.74, 6) is -0.0869. The van der Waals surface area contributed by atoms with Crippen molar-refractivity contribution < 1.29 is 4.79 Å². The largest absolute Gasteiger partial charge is 0.348 e. The van der Waals surface area contributed by atoms with Crippen LogP contribution in [-0.2, 0) is 24.9 Å². The van der Waals surface area contributed by atoms with Crippen molar-refractivity contribution in [1.29, 1.82) is 0 Å². The monoisotopic (exact) mass is 397 g/mol. The van der Waals surface area contributed by atoms with E-state index in [-0.39, 0.29) is 23.3 Å². The van der Waals surface area contributed by atoms with Crippen molar-refractivity contribution in [3.05, 3.63) is 73.6 Å². The SMILES string of the molecule is Cc1cc(C(=O)Cn2nc(C(C)(C)C)ccc2=O)c(C)n1CCc1cccs1. The molecule has 0 fully saturated rings. The summed E-state index contributed by atoms with van der Waals surface area (Å²) < 4.78 is 3.45. The lowest BCUT2D eigenvalue weighted by Crippen LogP contribution is -2.29. The fraction of sp³-hybridized carbons (Fsp3) is 0.409. The summed E-state index contributed by atoms with van der Waals surface area (Å²) in [6, 6.07) is 9.33. The fourth-order valence-corrected chi connectivity index (χ4v) is 3.99. The van der Waals surface area contributed by atoms with E-state index in [4.69, 9.17) is 0 Å². The van der Waals surface area contributed by atoms with E-state index in [1.54, 1.807) is 17.4 Å². The van der Waals surface area contributed by atoms with Gasteiger partial charge >= 0.3 is 0 Å². The van der Waals surface area contributed by atoms with Gasteiger partial charge in [0, 0.05) is 39.9 Å². The van der Waals surface area contributed by atoms with Crippen molar-refractivity contribution >= 4 is 17.1 Å². The van der Waals surface area contributed by atoms with Crippen LogP contribution in [0.1, 0.15) is 53.1 Å². The lowest BCUT2D eigenvalue weighted by Gasteiger charge is -2.18. The zero-order valence-electron chi connectivity index (χ0n) is 17.2. The molecule has 0 saturated carbocycles. The molecule has 5 nitrogen and oxygen atoms in total. The van der Waals surface area contributed by atoms with Crippen LogP contribution in [0.3, 0.4) is 0 Å². The minimum Gasteiger partial charge on any atom is -0.348 e. The molecule has 3 aromatic rings. The van der Waals surface area contributed by atoms with Gasteiger partial charge in [0.25, 0.3) is 5.56 Å². The first-order chi connectivity index (χ1) is 13.2. The molecule has 0 atom stereocenters. The predicted octanol–water partition coefficient (Wildman–Crippen LogP) is 4.15. The van der Waals surface area contributed by atoms with Gasteiger partial charge in [0.1, 0.15) is 6.54 Å². The predicted molar refractivity (Wildman–Crippen MR) is 113 cm³/mol. The van der Waals surface area contributed by atoms with E-state index in [1.807, 2.05) is 40.7 Å². The third-order valence-electron chi connectivity index (χ3n) is 4.96. The second-order valence-corrected chi connectivity index (χ2v) is 9.19. The average molecular weight is 398 g/mol. The van der Waals surface area contributed by atoms with Gasteiger partial charge in [-0.05, 0) is 43.8 Å². The number of Topliss-reactive ketones (excluding diaryl/α,β-unsaturated/α-hetero) is 1. The Morgan fingerprint density at radius 2 is 1.93 bits per heavy atom. The van der Waals surface area contributed by atoms with Crippen LogP contribution in [0.4, 0.5) is 0 Å². The van der Waals surface area contributed by atoms with Crippen LogP contribution in [0.15, 0.2) is 40.5 Å². The molecule has 6 heteroatoms. The average Bonchev–Trinajstić information content (AvgIpc) is 3.22. The number of hydrogen-bond donors (Lipinski definition) is 0. The molecule has 0 N–H and O–H groups in total. The Balaban J connectivity index is 1.82. The van der Waals surface area contributed by atoms with Crippen molar-refractivity contribution in [3.63, 3.8) is 0 Å². The van der Waals surface area contributed by atoms with Crippen molar-refractivity contribution in [3.8, 4) is 0 Å². The normalized spacial score (nSPS) is 11.8. The van der Waals surface area contributed by atoms with Gasteiger partial charge < -0.3 is 4.57 Å². The first-order valence-corrected chi connectivity index (χ1v) is 10.4. The van der Waals surface area contributed by atoms with Crippen LogP contribution in [0, 0.1) is 13.8 Å².